The van der Waals surface area contributed by atoms with Crippen molar-refractivity contribution in [2.45, 2.75) is 51.5 Å². The van der Waals surface area contributed by atoms with E-state index in [1.165, 1.54) is 0 Å². The molecule has 4 aromatic rings. The molecule has 5 heterocycles. The molecule has 4 aromatic heterocycles. The van der Waals surface area contributed by atoms with E-state index >= 15 is 0 Å². The van der Waals surface area contributed by atoms with E-state index in [1.54, 1.807) is 10.9 Å². The van der Waals surface area contributed by atoms with Crippen molar-refractivity contribution < 1.29 is 9.32 Å². The van der Waals surface area contributed by atoms with Gasteiger partial charge in [-0.05, 0) is 30.7 Å². The summed E-state index contributed by atoms with van der Waals surface area (Å²) in [5, 5.41) is 15.7. The van der Waals surface area contributed by atoms with Gasteiger partial charge in [-0.3, -0.25) is 9.48 Å². The zero-order valence-corrected chi connectivity index (χ0v) is 20.4. The monoisotopic (exact) mass is 475 g/mol. The van der Waals surface area contributed by atoms with Crippen LogP contribution in [0, 0.1) is 5.41 Å². The number of aromatic nitrogens is 7. The second-order valence-electron chi connectivity index (χ2n) is 10.9. The highest BCUT2D eigenvalue weighted by Gasteiger charge is 2.49. The van der Waals surface area contributed by atoms with Crippen molar-refractivity contribution in [1.29, 1.82) is 0 Å². The van der Waals surface area contributed by atoms with Crippen LogP contribution in [0.4, 0.5) is 5.82 Å². The average molecular weight is 476 g/mol. The molecule has 1 aliphatic heterocycles. The molecule has 0 bridgehead atoms. The van der Waals surface area contributed by atoms with Crippen LogP contribution in [0.2, 0.25) is 0 Å². The van der Waals surface area contributed by atoms with Crippen LogP contribution in [0.1, 0.15) is 56.5 Å². The van der Waals surface area contributed by atoms with Crippen molar-refractivity contribution in [1.82, 2.24) is 39.8 Å². The highest BCUT2D eigenvalue weighted by molar-refractivity contribution is 5.90. The molecule has 2 aliphatic rings. The van der Waals surface area contributed by atoms with Crippen LogP contribution < -0.4 is 10.2 Å². The Kier molecular flexibility index (Phi) is 4.74. The van der Waals surface area contributed by atoms with Crippen LogP contribution in [0.3, 0.4) is 0 Å². The molecular weight excluding hydrogens is 446 g/mol. The van der Waals surface area contributed by atoms with Crippen molar-refractivity contribution in [2.75, 3.05) is 18.0 Å². The number of nitrogens with one attached hydrogen (secondary N) is 1. The maximum absolute atomic E-state index is 12.6. The lowest BCUT2D eigenvalue weighted by Crippen LogP contribution is -2.52. The van der Waals surface area contributed by atoms with Crippen molar-refractivity contribution >= 4 is 17.2 Å². The highest BCUT2D eigenvalue weighted by atomic mass is 16.5. The van der Waals surface area contributed by atoms with Gasteiger partial charge in [-0.1, -0.05) is 25.9 Å². The molecule has 0 atom stereocenters. The van der Waals surface area contributed by atoms with Gasteiger partial charge in [0.25, 0.3) is 11.7 Å². The minimum absolute atomic E-state index is 0.100. The second kappa shape index (κ2) is 7.62. The van der Waals surface area contributed by atoms with Gasteiger partial charge >= 0.3 is 0 Å². The molecular formula is C24H29N9O2. The van der Waals surface area contributed by atoms with E-state index in [1.807, 2.05) is 57.0 Å². The van der Waals surface area contributed by atoms with E-state index < -0.39 is 0 Å². The lowest BCUT2D eigenvalue weighted by molar-refractivity contribution is 0.0745. The van der Waals surface area contributed by atoms with Gasteiger partial charge in [0.05, 0.1) is 24.3 Å². The molecule has 0 unspecified atom stereocenters. The van der Waals surface area contributed by atoms with Crippen LogP contribution in [0.15, 0.2) is 35.4 Å². The number of amides is 1. The summed E-state index contributed by atoms with van der Waals surface area (Å²) in [5.41, 5.74) is 2.68. The van der Waals surface area contributed by atoms with E-state index in [4.69, 9.17) is 9.51 Å². The molecule has 1 saturated carbocycles. The summed E-state index contributed by atoms with van der Waals surface area (Å²) in [5.74, 6) is 1.23. The van der Waals surface area contributed by atoms with Gasteiger partial charge in [-0.2, -0.15) is 15.2 Å². The largest absolute Gasteiger partial charge is 0.354 e. The van der Waals surface area contributed by atoms with Crippen LogP contribution in [-0.4, -0.2) is 59.6 Å². The number of fused-ring (bicyclic) bond motifs is 1. The Morgan fingerprint density at radius 2 is 2.03 bits per heavy atom. The molecule has 2 fully saturated rings. The summed E-state index contributed by atoms with van der Waals surface area (Å²) in [6, 6.07) is 2.12. The number of carbonyl (C=O) groups excluding carboxylic acids is 1. The smallest absolute Gasteiger partial charge is 0.292 e. The molecule has 1 N–H and O–H groups in total. The predicted molar refractivity (Wildman–Crippen MR) is 128 cm³/mol. The SMILES string of the molecule is Cn1cc(-c2cn3nccc3c(N3CCC4(CC(NC(=O)c5noc(C(C)(C)C)n5)C4)C3)n2)cn1. The fraction of sp³-hybridized carbons (Fsp3) is 0.500. The summed E-state index contributed by atoms with van der Waals surface area (Å²) in [6.07, 6.45) is 10.4. The van der Waals surface area contributed by atoms with E-state index in [-0.39, 0.29) is 28.6 Å². The molecule has 11 nitrogen and oxygen atoms in total. The van der Waals surface area contributed by atoms with E-state index in [9.17, 15) is 4.79 Å². The summed E-state index contributed by atoms with van der Waals surface area (Å²) >= 11 is 0. The van der Waals surface area contributed by atoms with Crippen molar-refractivity contribution in [3.05, 3.63) is 42.6 Å². The molecule has 1 spiro atoms. The van der Waals surface area contributed by atoms with Crippen molar-refractivity contribution in [2.24, 2.45) is 12.5 Å². The Labute approximate surface area is 202 Å². The maximum atomic E-state index is 12.6. The fourth-order valence-corrected chi connectivity index (χ4v) is 5.24. The first-order chi connectivity index (χ1) is 16.7. The third kappa shape index (κ3) is 3.84. The van der Waals surface area contributed by atoms with Gasteiger partial charge in [-0.15, -0.1) is 0 Å². The predicted octanol–water partition coefficient (Wildman–Crippen LogP) is 2.60. The Hall–Kier alpha value is -3.76. The second-order valence-corrected chi connectivity index (χ2v) is 10.9. The molecule has 11 heteroatoms. The molecule has 1 amide bonds. The topological polar surface area (TPSA) is 119 Å². The Bertz CT molecular complexity index is 1400. The number of carbonyl (C=O) groups is 1. The molecule has 0 radical (unpaired) electrons. The summed E-state index contributed by atoms with van der Waals surface area (Å²) < 4.78 is 8.92. The average Bonchev–Trinajstić information content (AvgIpc) is 3.56. The summed E-state index contributed by atoms with van der Waals surface area (Å²) in [4.78, 5) is 24.3. The van der Waals surface area contributed by atoms with Gasteiger partial charge in [0.15, 0.2) is 5.82 Å². The van der Waals surface area contributed by atoms with Crippen LogP contribution in [0.5, 0.6) is 0 Å². The van der Waals surface area contributed by atoms with Crippen molar-refractivity contribution in [3.8, 4) is 11.3 Å². The Morgan fingerprint density at radius 3 is 2.74 bits per heavy atom. The third-order valence-electron chi connectivity index (χ3n) is 7.07. The molecule has 1 saturated heterocycles. The molecule has 182 valence electrons. The molecule has 35 heavy (non-hydrogen) atoms. The van der Waals surface area contributed by atoms with Crippen LogP contribution in [-0.2, 0) is 12.5 Å². The lowest BCUT2D eigenvalue weighted by atomic mass is 9.65. The zero-order valence-electron chi connectivity index (χ0n) is 20.4. The first kappa shape index (κ1) is 21.8. The Balaban J connectivity index is 1.14. The number of rotatable bonds is 4. The maximum Gasteiger partial charge on any atom is 0.292 e. The minimum atomic E-state index is -0.289. The molecule has 6 rings (SSSR count). The summed E-state index contributed by atoms with van der Waals surface area (Å²) in [6.45, 7) is 7.75. The van der Waals surface area contributed by atoms with Crippen LogP contribution >= 0.6 is 0 Å². The first-order valence-corrected chi connectivity index (χ1v) is 11.9. The number of nitrogens with zero attached hydrogens (tertiary/aromatic N) is 8. The number of hydrogen-bond donors (Lipinski definition) is 1. The zero-order chi connectivity index (χ0) is 24.4. The third-order valence-corrected chi connectivity index (χ3v) is 7.07. The van der Waals surface area contributed by atoms with Gasteiger partial charge in [0, 0.05) is 43.4 Å². The normalized spacial score (nSPS) is 22.2. The number of hydrogen-bond acceptors (Lipinski definition) is 8. The molecule has 1 aliphatic carbocycles. The number of aryl methyl sites for hydroxylation is 1. The van der Waals surface area contributed by atoms with Gasteiger partial charge < -0.3 is 14.7 Å². The van der Waals surface area contributed by atoms with E-state index in [0.717, 1.165) is 54.9 Å². The van der Waals surface area contributed by atoms with E-state index in [0.29, 0.717) is 5.89 Å². The quantitative estimate of drug-likeness (QED) is 0.478. The van der Waals surface area contributed by atoms with Gasteiger partial charge in [0.2, 0.25) is 5.89 Å². The van der Waals surface area contributed by atoms with Gasteiger partial charge in [0.1, 0.15) is 5.52 Å². The lowest BCUT2D eigenvalue weighted by Gasteiger charge is -2.45. The number of anilines is 1. The highest BCUT2D eigenvalue weighted by Crippen LogP contribution is 2.49. The van der Waals surface area contributed by atoms with E-state index in [2.05, 4.69) is 30.6 Å². The summed E-state index contributed by atoms with van der Waals surface area (Å²) in [7, 11) is 1.90. The molecule has 0 aromatic carbocycles. The van der Waals surface area contributed by atoms with Gasteiger partial charge in [-0.25, -0.2) is 9.50 Å². The van der Waals surface area contributed by atoms with Crippen molar-refractivity contribution in [3.63, 3.8) is 0 Å². The first-order valence-electron chi connectivity index (χ1n) is 11.9. The Morgan fingerprint density at radius 1 is 1.20 bits per heavy atom. The minimum Gasteiger partial charge on any atom is -0.354 e. The van der Waals surface area contributed by atoms with Crippen LogP contribution in [0.25, 0.3) is 16.8 Å². The fourth-order valence-electron chi connectivity index (χ4n) is 5.24. The standard InChI is InChI=1S/C24H29N9O2/c1-23(2,3)22-29-19(30-35-22)21(34)27-16-9-24(10-16)6-8-32(14-24)20-18-5-7-25-33(18)13-17(28-20)15-11-26-31(4)12-15/h5,7,11-13,16H,6,8-10,14H2,1-4H3,(H,27,34).